The zero-order valence-electron chi connectivity index (χ0n) is 13.1. The summed E-state index contributed by atoms with van der Waals surface area (Å²) in [6.45, 7) is 5.83. The van der Waals surface area contributed by atoms with E-state index in [1.54, 1.807) is 6.92 Å². The van der Waals surface area contributed by atoms with Crippen molar-refractivity contribution in [1.29, 1.82) is 0 Å². The SMILES string of the molecule is CCOC(=O)CCN1C(=O)[C@H](CC(=O)O)N(CC(C)C)C1=O. The molecule has 1 atom stereocenters. The van der Waals surface area contributed by atoms with E-state index >= 15 is 0 Å². The largest absolute Gasteiger partial charge is 0.481 e. The number of aliphatic carboxylic acids is 1. The fourth-order valence-electron chi connectivity index (χ4n) is 2.30. The lowest BCUT2D eigenvalue weighted by Crippen LogP contribution is -2.39. The molecule has 3 amide bonds. The summed E-state index contributed by atoms with van der Waals surface area (Å²) in [5.41, 5.74) is 0. The van der Waals surface area contributed by atoms with Crippen LogP contribution < -0.4 is 0 Å². The molecule has 0 aromatic carbocycles. The highest BCUT2D eigenvalue weighted by atomic mass is 16.5. The van der Waals surface area contributed by atoms with Crippen LogP contribution in [0.2, 0.25) is 0 Å². The zero-order valence-corrected chi connectivity index (χ0v) is 13.1. The second kappa shape index (κ2) is 7.77. The Balaban J connectivity index is 2.82. The molecule has 124 valence electrons. The van der Waals surface area contributed by atoms with Crippen molar-refractivity contribution in [2.75, 3.05) is 19.7 Å². The van der Waals surface area contributed by atoms with Gasteiger partial charge in [0.05, 0.1) is 19.4 Å². The number of carboxylic acids is 1. The maximum atomic E-state index is 12.3. The summed E-state index contributed by atoms with van der Waals surface area (Å²) in [6.07, 6.45) is -0.534. The minimum Gasteiger partial charge on any atom is -0.481 e. The monoisotopic (exact) mass is 314 g/mol. The maximum Gasteiger partial charge on any atom is 0.327 e. The Morgan fingerprint density at radius 2 is 1.95 bits per heavy atom. The minimum atomic E-state index is -1.15. The fraction of sp³-hybridized carbons (Fsp3) is 0.714. The van der Waals surface area contributed by atoms with Crippen LogP contribution in [-0.4, -0.2) is 64.5 Å². The lowest BCUT2D eigenvalue weighted by molar-refractivity contribution is -0.144. The summed E-state index contributed by atoms with van der Waals surface area (Å²) in [5.74, 6) is -2.12. The first-order valence-electron chi connectivity index (χ1n) is 7.27. The minimum absolute atomic E-state index is 0.0954. The van der Waals surface area contributed by atoms with Crippen LogP contribution in [0.4, 0.5) is 4.79 Å². The molecule has 22 heavy (non-hydrogen) atoms. The van der Waals surface area contributed by atoms with Crippen molar-refractivity contribution < 1.29 is 29.0 Å². The molecule has 0 aliphatic carbocycles. The van der Waals surface area contributed by atoms with Gasteiger partial charge in [-0.15, -0.1) is 0 Å². The van der Waals surface area contributed by atoms with Crippen LogP contribution in [0.3, 0.4) is 0 Å². The number of carbonyl (C=O) groups excluding carboxylic acids is 3. The third-order valence-corrected chi connectivity index (χ3v) is 3.18. The highest BCUT2D eigenvalue weighted by Crippen LogP contribution is 2.22. The van der Waals surface area contributed by atoms with E-state index in [2.05, 4.69) is 0 Å². The van der Waals surface area contributed by atoms with E-state index in [4.69, 9.17) is 9.84 Å². The number of rotatable bonds is 8. The summed E-state index contributed by atoms with van der Waals surface area (Å²) in [4.78, 5) is 49.0. The van der Waals surface area contributed by atoms with E-state index in [1.165, 1.54) is 4.90 Å². The van der Waals surface area contributed by atoms with Crippen LogP contribution >= 0.6 is 0 Å². The number of amides is 3. The number of carbonyl (C=O) groups is 4. The zero-order chi connectivity index (χ0) is 16.9. The molecule has 1 aliphatic heterocycles. The molecule has 8 nitrogen and oxygen atoms in total. The predicted octanol–water partition coefficient (Wildman–Crippen LogP) is 0.703. The van der Waals surface area contributed by atoms with Gasteiger partial charge >= 0.3 is 18.0 Å². The summed E-state index contributed by atoms with van der Waals surface area (Å²) in [5, 5.41) is 8.92. The third-order valence-electron chi connectivity index (χ3n) is 3.18. The van der Waals surface area contributed by atoms with Gasteiger partial charge in [0.2, 0.25) is 0 Å². The highest BCUT2D eigenvalue weighted by Gasteiger charge is 2.45. The topological polar surface area (TPSA) is 104 Å². The molecule has 1 fully saturated rings. The number of urea groups is 1. The number of nitrogens with zero attached hydrogens (tertiary/aromatic N) is 2. The lowest BCUT2D eigenvalue weighted by atomic mass is 10.1. The van der Waals surface area contributed by atoms with Crippen LogP contribution in [0.1, 0.15) is 33.6 Å². The van der Waals surface area contributed by atoms with Crippen molar-refractivity contribution in [2.45, 2.75) is 39.7 Å². The lowest BCUT2D eigenvalue weighted by Gasteiger charge is -2.22. The number of hydrogen-bond donors (Lipinski definition) is 1. The summed E-state index contributed by atoms with van der Waals surface area (Å²) in [7, 11) is 0. The standard InChI is InChI=1S/C14H22N2O6/c1-4-22-12(19)5-6-15-13(20)10(7-11(17)18)16(14(15)21)8-9(2)3/h9-10H,4-8H2,1-3H3,(H,17,18)/t10-/m0/s1. The summed E-state index contributed by atoms with van der Waals surface area (Å²) < 4.78 is 4.76. The molecule has 1 N–H and O–H groups in total. The van der Waals surface area contributed by atoms with Crippen molar-refractivity contribution >= 4 is 23.9 Å². The quantitative estimate of drug-likeness (QED) is 0.522. The number of imide groups is 1. The van der Waals surface area contributed by atoms with Gasteiger partial charge in [0.1, 0.15) is 6.04 Å². The second-order valence-electron chi connectivity index (χ2n) is 5.49. The van der Waals surface area contributed by atoms with Crippen LogP contribution in [0, 0.1) is 5.92 Å². The van der Waals surface area contributed by atoms with E-state index in [9.17, 15) is 19.2 Å². The summed E-state index contributed by atoms with van der Waals surface area (Å²) in [6, 6.07) is -1.55. The predicted molar refractivity (Wildman–Crippen MR) is 75.9 cm³/mol. The Bertz CT molecular complexity index is 462. The van der Waals surface area contributed by atoms with Crippen LogP contribution in [0.25, 0.3) is 0 Å². The van der Waals surface area contributed by atoms with Gasteiger partial charge in [0.15, 0.2) is 0 Å². The van der Waals surface area contributed by atoms with Gasteiger partial charge in [-0.3, -0.25) is 19.3 Å². The molecule has 0 unspecified atom stereocenters. The van der Waals surface area contributed by atoms with Crippen molar-refractivity contribution in [2.24, 2.45) is 5.92 Å². The smallest absolute Gasteiger partial charge is 0.327 e. The van der Waals surface area contributed by atoms with Crippen molar-refractivity contribution in [1.82, 2.24) is 9.80 Å². The number of hydrogen-bond acceptors (Lipinski definition) is 5. The van der Waals surface area contributed by atoms with Crippen LogP contribution in [0.5, 0.6) is 0 Å². The Hall–Kier alpha value is -2.12. The Morgan fingerprint density at radius 1 is 1.32 bits per heavy atom. The Labute approximate surface area is 129 Å². The van der Waals surface area contributed by atoms with Gasteiger partial charge in [-0.05, 0) is 12.8 Å². The van der Waals surface area contributed by atoms with Crippen LogP contribution in [-0.2, 0) is 19.1 Å². The highest BCUT2D eigenvalue weighted by molar-refractivity contribution is 6.05. The van der Waals surface area contributed by atoms with E-state index in [0.29, 0.717) is 6.54 Å². The van der Waals surface area contributed by atoms with Gasteiger partial charge < -0.3 is 14.7 Å². The number of carboxylic acid groups (broad SMARTS) is 1. The molecule has 0 aromatic heterocycles. The van der Waals surface area contributed by atoms with Crippen molar-refractivity contribution in [3.05, 3.63) is 0 Å². The normalized spacial score (nSPS) is 18.3. The third kappa shape index (κ3) is 4.44. The number of ether oxygens (including phenoxy) is 1. The molecular formula is C14H22N2O6. The van der Waals surface area contributed by atoms with E-state index < -0.39 is 36.3 Å². The first-order chi connectivity index (χ1) is 10.3. The summed E-state index contributed by atoms with van der Waals surface area (Å²) >= 11 is 0. The molecule has 0 bridgehead atoms. The fourth-order valence-corrected chi connectivity index (χ4v) is 2.30. The molecule has 0 aromatic rings. The Kier molecular flexibility index (Phi) is 6.33. The number of esters is 1. The average molecular weight is 314 g/mol. The van der Waals surface area contributed by atoms with Crippen LogP contribution in [0.15, 0.2) is 0 Å². The molecule has 0 radical (unpaired) electrons. The molecule has 0 spiro atoms. The van der Waals surface area contributed by atoms with Gasteiger partial charge in [-0.25, -0.2) is 4.79 Å². The van der Waals surface area contributed by atoms with Gasteiger partial charge in [0, 0.05) is 13.1 Å². The molecular weight excluding hydrogens is 292 g/mol. The maximum absolute atomic E-state index is 12.3. The van der Waals surface area contributed by atoms with Gasteiger partial charge in [-0.2, -0.15) is 0 Å². The second-order valence-corrected chi connectivity index (χ2v) is 5.49. The van der Waals surface area contributed by atoms with E-state index in [-0.39, 0.29) is 25.5 Å². The molecule has 1 rings (SSSR count). The first kappa shape index (κ1) is 17.9. The molecule has 8 heteroatoms. The average Bonchev–Trinajstić information content (AvgIpc) is 2.61. The first-order valence-corrected chi connectivity index (χ1v) is 7.27. The molecule has 0 saturated carbocycles. The molecule has 1 aliphatic rings. The van der Waals surface area contributed by atoms with E-state index in [0.717, 1.165) is 4.90 Å². The van der Waals surface area contributed by atoms with Crippen molar-refractivity contribution in [3.8, 4) is 0 Å². The molecule has 1 saturated heterocycles. The van der Waals surface area contributed by atoms with Gasteiger partial charge in [0.25, 0.3) is 5.91 Å². The van der Waals surface area contributed by atoms with Crippen molar-refractivity contribution in [3.63, 3.8) is 0 Å². The van der Waals surface area contributed by atoms with Gasteiger partial charge in [-0.1, -0.05) is 13.8 Å². The Morgan fingerprint density at radius 3 is 2.45 bits per heavy atom. The molecule has 1 heterocycles. The van der Waals surface area contributed by atoms with E-state index in [1.807, 2.05) is 13.8 Å².